The fourth-order valence-corrected chi connectivity index (χ4v) is 5.47. The van der Waals surface area contributed by atoms with Crippen LogP contribution in [0.2, 0.25) is 0 Å². The SMILES string of the molecule is CC1(C(=O)O)CC(N2CCCOc3cc(F)ccc32)CN1C(=O)C(c1ccccc1)c1ccccc1. The molecule has 6 nitrogen and oxygen atoms in total. The summed E-state index contributed by atoms with van der Waals surface area (Å²) in [7, 11) is 0. The number of amides is 1. The molecule has 1 fully saturated rings. The fourth-order valence-electron chi connectivity index (χ4n) is 5.47. The van der Waals surface area contributed by atoms with E-state index < -0.39 is 17.4 Å². The van der Waals surface area contributed by atoms with Gasteiger partial charge < -0.3 is 19.6 Å². The average Bonchev–Trinajstić information content (AvgIpc) is 3.11. The number of hydrogen-bond donors (Lipinski definition) is 1. The van der Waals surface area contributed by atoms with E-state index >= 15 is 0 Å². The van der Waals surface area contributed by atoms with Gasteiger partial charge in [-0.15, -0.1) is 0 Å². The number of carbonyl (C=O) groups excluding carboxylic acids is 1. The van der Waals surface area contributed by atoms with Crippen LogP contribution >= 0.6 is 0 Å². The van der Waals surface area contributed by atoms with Crippen LogP contribution in [0, 0.1) is 5.82 Å². The number of ether oxygens (including phenoxy) is 1. The predicted molar refractivity (Wildman–Crippen MR) is 135 cm³/mol. The van der Waals surface area contributed by atoms with Crippen molar-refractivity contribution in [3.8, 4) is 5.75 Å². The molecule has 3 aromatic rings. The Kier molecular flexibility index (Phi) is 6.39. The van der Waals surface area contributed by atoms with Gasteiger partial charge in [0.25, 0.3) is 0 Å². The van der Waals surface area contributed by atoms with E-state index in [0.29, 0.717) is 25.3 Å². The Labute approximate surface area is 209 Å². The lowest BCUT2D eigenvalue weighted by atomic mass is 9.88. The lowest BCUT2D eigenvalue weighted by Crippen LogP contribution is -2.52. The Hall–Kier alpha value is -3.87. The first-order chi connectivity index (χ1) is 17.4. The zero-order valence-electron chi connectivity index (χ0n) is 20.1. The smallest absolute Gasteiger partial charge is 0.329 e. The number of hydrogen-bond acceptors (Lipinski definition) is 4. The fraction of sp³-hybridized carbons (Fsp3) is 0.310. The number of carbonyl (C=O) groups is 2. The highest BCUT2D eigenvalue weighted by Crippen LogP contribution is 2.41. The van der Waals surface area contributed by atoms with Crippen molar-refractivity contribution < 1.29 is 23.8 Å². The van der Waals surface area contributed by atoms with Crippen molar-refractivity contribution in [2.45, 2.75) is 37.3 Å². The van der Waals surface area contributed by atoms with Crippen molar-refractivity contribution in [3.63, 3.8) is 0 Å². The molecule has 2 heterocycles. The molecule has 0 spiro atoms. The molecular weight excluding hydrogens is 459 g/mol. The molecule has 1 saturated heterocycles. The molecule has 186 valence electrons. The maximum Gasteiger partial charge on any atom is 0.329 e. The molecule has 2 aliphatic rings. The predicted octanol–water partition coefficient (Wildman–Crippen LogP) is 4.69. The largest absolute Gasteiger partial charge is 0.491 e. The zero-order chi connectivity index (χ0) is 25.3. The topological polar surface area (TPSA) is 70.1 Å². The summed E-state index contributed by atoms with van der Waals surface area (Å²) in [5.74, 6) is -1.85. The lowest BCUT2D eigenvalue weighted by molar-refractivity contribution is -0.155. The number of fused-ring (bicyclic) bond motifs is 1. The van der Waals surface area contributed by atoms with Gasteiger partial charge in [-0.2, -0.15) is 0 Å². The standard InChI is InChI=1S/C29H29FN2O4/c1-29(28(34)35)18-23(31-15-8-16-36-25-17-22(30)13-14-24(25)31)19-32(29)27(33)26(20-9-4-2-5-10-20)21-11-6-3-7-12-21/h2-7,9-14,17,23,26H,8,15-16,18-19H2,1H3,(H,34,35). The molecular formula is C29H29FN2O4. The van der Waals surface area contributed by atoms with Crippen LogP contribution in [0.5, 0.6) is 5.75 Å². The molecule has 7 heteroatoms. The number of halogens is 1. The minimum Gasteiger partial charge on any atom is -0.491 e. The van der Waals surface area contributed by atoms with Gasteiger partial charge in [-0.1, -0.05) is 60.7 Å². The van der Waals surface area contributed by atoms with Gasteiger partial charge in [0, 0.05) is 31.6 Å². The highest BCUT2D eigenvalue weighted by molar-refractivity contribution is 5.93. The van der Waals surface area contributed by atoms with Crippen molar-refractivity contribution >= 4 is 17.6 Å². The number of nitrogens with zero attached hydrogens (tertiary/aromatic N) is 2. The maximum absolute atomic E-state index is 14.2. The number of benzene rings is 3. The molecule has 0 bridgehead atoms. The van der Waals surface area contributed by atoms with Crippen LogP contribution < -0.4 is 9.64 Å². The van der Waals surface area contributed by atoms with Crippen LogP contribution in [-0.4, -0.2) is 53.2 Å². The van der Waals surface area contributed by atoms with Gasteiger partial charge in [-0.25, -0.2) is 9.18 Å². The summed E-state index contributed by atoms with van der Waals surface area (Å²) >= 11 is 0. The van der Waals surface area contributed by atoms with Gasteiger partial charge in [-0.3, -0.25) is 4.79 Å². The molecule has 36 heavy (non-hydrogen) atoms. The first-order valence-corrected chi connectivity index (χ1v) is 12.2. The van der Waals surface area contributed by atoms with Crippen LogP contribution in [0.15, 0.2) is 78.9 Å². The number of anilines is 1. The van der Waals surface area contributed by atoms with Crippen LogP contribution in [-0.2, 0) is 9.59 Å². The highest BCUT2D eigenvalue weighted by Gasteiger charge is 2.53. The second kappa shape index (κ2) is 9.64. The number of carboxylic acid groups (broad SMARTS) is 1. The summed E-state index contributed by atoms with van der Waals surface area (Å²) in [5.41, 5.74) is 0.961. The monoisotopic (exact) mass is 488 g/mol. The van der Waals surface area contributed by atoms with E-state index in [9.17, 15) is 19.1 Å². The van der Waals surface area contributed by atoms with Gasteiger partial charge in [-0.05, 0) is 36.6 Å². The van der Waals surface area contributed by atoms with Crippen LogP contribution in [0.4, 0.5) is 10.1 Å². The average molecular weight is 489 g/mol. The Morgan fingerprint density at radius 3 is 2.28 bits per heavy atom. The van der Waals surface area contributed by atoms with Crippen molar-refractivity contribution in [1.29, 1.82) is 0 Å². The molecule has 0 radical (unpaired) electrons. The van der Waals surface area contributed by atoms with Crippen LogP contribution in [0.1, 0.15) is 36.8 Å². The molecule has 2 unspecified atom stereocenters. The van der Waals surface area contributed by atoms with Crippen molar-refractivity contribution in [1.82, 2.24) is 4.90 Å². The molecule has 2 atom stereocenters. The lowest BCUT2D eigenvalue weighted by Gasteiger charge is -2.34. The van der Waals surface area contributed by atoms with Gasteiger partial charge >= 0.3 is 5.97 Å². The molecule has 2 aliphatic heterocycles. The molecule has 5 rings (SSSR count). The van der Waals surface area contributed by atoms with E-state index in [0.717, 1.165) is 16.8 Å². The summed E-state index contributed by atoms with van der Waals surface area (Å²) in [6.45, 7) is 2.94. The van der Waals surface area contributed by atoms with E-state index in [2.05, 4.69) is 4.90 Å². The van der Waals surface area contributed by atoms with E-state index in [-0.39, 0.29) is 30.7 Å². The Balaban J connectivity index is 1.53. The van der Waals surface area contributed by atoms with Crippen LogP contribution in [0.3, 0.4) is 0 Å². The minimum atomic E-state index is -1.39. The summed E-state index contributed by atoms with van der Waals surface area (Å²) in [6.07, 6.45) is 0.961. The normalized spacial score (nSPS) is 21.6. The summed E-state index contributed by atoms with van der Waals surface area (Å²) < 4.78 is 19.7. The molecule has 3 aromatic carbocycles. The molecule has 1 N–H and O–H groups in total. The van der Waals surface area contributed by atoms with Gasteiger partial charge in [0.2, 0.25) is 5.91 Å². The van der Waals surface area contributed by atoms with E-state index in [4.69, 9.17) is 4.74 Å². The van der Waals surface area contributed by atoms with Crippen molar-refractivity contribution in [2.24, 2.45) is 0 Å². The van der Waals surface area contributed by atoms with Crippen LogP contribution in [0.25, 0.3) is 0 Å². The highest BCUT2D eigenvalue weighted by atomic mass is 19.1. The summed E-state index contributed by atoms with van der Waals surface area (Å²) in [4.78, 5) is 30.5. The maximum atomic E-state index is 14.2. The van der Waals surface area contributed by atoms with Crippen molar-refractivity contribution in [3.05, 3.63) is 95.8 Å². The Morgan fingerprint density at radius 1 is 1.03 bits per heavy atom. The first kappa shape index (κ1) is 23.9. The number of carboxylic acids is 1. The van der Waals surface area contributed by atoms with E-state index in [1.165, 1.54) is 17.0 Å². The third-order valence-corrected chi connectivity index (χ3v) is 7.33. The summed E-state index contributed by atoms with van der Waals surface area (Å²) in [5, 5.41) is 10.3. The molecule has 1 amide bonds. The molecule has 0 aliphatic carbocycles. The summed E-state index contributed by atoms with van der Waals surface area (Å²) in [6, 6.07) is 23.1. The van der Waals surface area contributed by atoms with Gasteiger partial charge in [0.15, 0.2) is 0 Å². The minimum absolute atomic E-state index is 0.245. The third-order valence-electron chi connectivity index (χ3n) is 7.33. The number of aliphatic carboxylic acids is 1. The number of rotatable bonds is 5. The second-order valence-corrected chi connectivity index (χ2v) is 9.65. The van der Waals surface area contributed by atoms with Crippen molar-refractivity contribution in [2.75, 3.05) is 24.6 Å². The second-order valence-electron chi connectivity index (χ2n) is 9.65. The molecule has 0 saturated carbocycles. The Morgan fingerprint density at radius 2 is 1.67 bits per heavy atom. The van der Waals surface area contributed by atoms with Gasteiger partial charge in [0.1, 0.15) is 17.1 Å². The van der Waals surface area contributed by atoms with E-state index in [1.54, 1.807) is 13.0 Å². The zero-order valence-corrected chi connectivity index (χ0v) is 20.1. The number of likely N-dealkylation sites (tertiary alicyclic amines) is 1. The van der Waals surface area contributed by atoms with E-state index in [1.807, 2.05) is 60.7 Å². The molecule has 0 aromatic heterocycles. The van der Waals surface area contributed by atoms with Gasteiger partial charge in [0.05, 0.1) is 18.2 Å². The Bertz CT molecular complexity index is 1210. The third kappa shape index (κ3) is 4.30. The first-order valence-electron chi connectivity index (χ1n) is 12.2. The quantitative estimate of drug-likeness (QED) is 0.564.